The third kappa shape index (κ3) is 4.05. The molecule has 1 nitrogen and oxygen atoms in total. The smallest absolute Gasteiger partial charge is 0.00493 e. The molecule has 84 valence electrons. The second-order valence-corrected chi connectivity index (χ2v) is 4.63. The Morgan fingerprint density at radius 3 is 2.67 bits per heavy atom. The molecule has 0 spiro atoms. The molecule has 0 heterocycles. The van der Waals surface area contributed by atoms with Gasteiger partial charge >= 0.3 is 0 Å². The standard InChI is InChI=1S/C14H23N/c1-11-5-6-13(3)14(9-11)10-12(2)7-8-15-4/h5-6,9,12,15H,7-8,10H2,1-4H3. The van der Waals surface area contributed by atoms with Crippen LogP contribution >= 0.6 is 0 Å². The van der Waals surface area contributed by atoms with Crippen molar-refractivity contribution in [3.05, 3.63) is 34.9 Å². The van der Waals surface area contributed by atoms with Gasteiger partial charge in [0.25, 0.3) is 0 Å². The molecule has 0 fully saturated rings. The summed E-state index contributed by atoms with van der Waals surface area (Å²) in [6.45, 7) is 7.83. The number of benzene rings is 1. The van der Waals surface area contributed by atoms with E-state index in [1.807, 2.05) is 7.05 Å². The van der Waals surface area contributed by atoms with Crippen LogP contribution in [0.25, 0.3) is 0 Å². The van der Waals surface area contributed by atoms with Gasteiger partial charge in [0, 0.05) is 0 Å². The molecule has 1 N–H and O–H groups in total. The monoisotopic (exact) mass is 205 g/mol. The first-order valence-corrected chi connectivity index (χ1v) is 5.84. The molecule has 0 aliphatic rings. The van der Waals surface area contributed by atoms with Crippen LogP contribution in [-0.4, -0.2) is 13.6 Å². The summed E-state index contributed by atoms with van der Waals surface area (Å²) in [6, 6.07) is 6.75. The van der Waals surface area contributed by atoms with Crippen molar-refractivity contribution in [3.8, 4) is 0 Å². The summed E-state index contributed by atoms with van der Waals surface area (Å²) in [7, 11) is 2.02. The summed E-state index contributed by atoms with van der Waals surface area (Å²) >= 11 is 0. The normalized spacial score (nSPS) is 12.8. The number of nitrogens with one attached hydrogen (secondary N) is 1. The molecular formula is C14H23N. The molecule has 15 heavy (non-hydrogen) atoms. The second kappa shape index (κ2) is 5.92. The van der Waals surface area contributed by atoms with Crippen molar-refractivity contribution in [2.75, 3.05) is 13.6 Å². The van der Waals surface area contributed by atoms with Crippen molar-refractivity contribution in [1.82, 2.24) is 5.32 Å². The Morgan fingerprint density at radius 1 is 1.27 bits per heavy atom. The predicted molar refractivity (Wildman–Crippen MR) is 67.3 cm³/mol. The zero-order valence-corrected chi connectivity index (χ0v) is 10.4. The van der Waals surface area contributed by atoms with E-state index in [4.69, 9.17) is 0 Å². The van der Waals surface area contributed by atoms with Gasteiger partial charge in [-0.2, -0.15) is 0 Å². The summed E-state index contributed by atoms with van der Waals surface area (Å²) in [5, 5.41) is 3.21. The number of hydrogen-bond donors (Lipinski definition) is 1. The molecule has 0 aromatic heterocycles. The maximum Gasteiger partial charge on any atom is -0.00493 e. The lowest BCUT2D eigenvalue weighted by Crippen LogP contribution is -2.13. The van der Waals surface area contributed by atoms with Crippen molar-refractivity contribution in [2.24, 2.45) is 5.92 Å². The fraction of sp³-hybridized carbons (Fsp3) is 0.571. The topological polar surface area (TPSA) is 12.0 Å². The van der Waals surface area contributed by atoms with E-state index < -0.39 is 0 Å². The van der Waals surface area contributed by atoms with Crippen molar-refractivity contribution in [2.45, 2.75) is 33.6 Å². The predicted octanol–water partition coefficient (Wildman–Crippen LogP) is 3.09. The average molecular weight is 205 g/mol. The van der Waals surface area contributed by atoms with Gasteiger partial charge in [-0.05, 0) is 57.3 Å². The fourth-order valence-electron chi connectivity index (χ4n) is 1.89. The van der Waals surface area contributed by atoms with Gasteiger partial charge in [0.2, 0.25) is 0 Å². The van der Waals surface area contributed by atoms with Gasteiger partial charge in [-0.25, -0.2) is 0 Å². The van der Waals surface area contributed by atoms with Crippen molar-refractivity contribution in [1.29, 1.82) is 0 Å². The largest absolute Gasteiger partial charge is 0.320 e. The third-order valence-corrected chi connectivity index (χ3v) is 2.96. The molecule has 1 unspecified atom stereocenters. The SMILES string of the molecule is CNCCC(C)Cc1cc(C)ccc1C. The zero-order valence-electron chi connectivity index (χ0n) is 10.4. The highest BCUT2D eigenvalue weighted by atomic mass is 14.8. The van der Waals surface area contributed by atoms with Gasteiger partial charge in [0.15, 0.2) is 0 Å². The number of hydrogen-bond acceptors (Lipinski definition) is 1. The molecule has 0 aliphatic carbocycles. The Hall–Kier alpha value is -0.820. The average Bonchev–Trinajstić information content (AvgIpc) is 2.20. The van der Waals surface area contributed by atoms with E-state index in [0.717, 1.165) is 12.5 Å². The van der Waals surface area contributed by atoms with Crippen molar-refractivity contribution < 1.29 is 0 Å². The number of rotatable bonds is 5. The highest BCUT2D eigenvalue weighted by Crippen LogP contribution is 2.16. The van der Waals surface area contributed by atoms with Gasteiger partial charge in [-0.3, -0.25) is 0 Å². The van der Waals surface area contributed by atoms with Gasteiger partial charge in [0.1, 0.15) is 0 Å². The molecule has 0 bridgehead atoms. The molecule has 0 radical (unpaired) electrons. The summed E-state index contributed by atoms with van der Waals surface area (Å²) in [5.74, 6) is 0.762. The highest BCUT2D eigenvalue weighted by molar-refractivity contribution is 5.30. The van der Waals surface area contributed by atoms with E-state index in [-0.39, 0.29) is 0 Å². The van der Waals surface area contributed by atoms with Gasteiger partial charge in [-0.1, -0.05) is 30.7 Å². The van der Waals surface area contributed by atoms with Crippen LogP contribution in [0.15, 0.2) is 18.2 Å². The van der Waals surface area contributed by atoms with E-state index in [2.05, 4.69) is 44.3 Å². The van der Waals surface area contributed by atoms with Gasteiger partial charge < -0.3 is 5.32 Å². The molecule has 0 aliphatic heterocycles. The van der Waals surface area contributed by atoms with Crippen LogP contribution in [0.1, 0.15) is 30.0 Å². The molecule has 1 heteroatoms. The maximum atomic E-state index is 3.21. The Balaban J connectivity index is 2.59. The minimum atomic E-state index is 0.762. The summed E-state index contributed by atoms with van der Waals surface area (Å²) in [4.78, 5) is 0. The van der Waals surface area contributed by atoms with E-state index in [1.165, 1.54) is 29.5 Å². The Morgan fingerprint density at radius 2 is 2.00 bits per heavy atom. The van der Waals surface area contributed by atoms with Crippen LogP contribution in [0.2, 0.25) is 0 Å². The highest BCUT2D eigenvalue weighted by Gasteiger charge is 2.05. The lowest BCUT2D eigenvalue weighted by Gasteiger charge is -2.13. The van der Waals surface area contributed by atoms with Crippen LogP contribution < -0.4 is 5.32 Å². The summed E-state index contributed by atoms with van der Waals surface area (Å²) in [5.41, 5.74) is 4.31. The van der Waals surface area contributed by atoms with E-state index in [9.17, 15) is 0 Å². The lowest BCUT2D eigenvalue weighted by atomic mass is 9.94. The Kier molecular flexibility index (Phi) is 4.83. The lowest BCUT2D eigenvalue weighted by molar-refractivity contribution is 0.514. The summed E-state index contributed by atoms with van der Waals surface area (Å²) in [6.07, 6.45) is 2.46. The molecule has 0 saturated heterocycles. The minimum Gasteiger partial charge on any atom is -0.320 e. The van der Waals surface area contributed by atoms with E-state index in [0.29, 0.717) is 0 Å². The van der Waals surface area contributed by atoms with Crippen LogP contribution in [-0.2, 0) is 6.42 Å². The number of aryl methyl sites for hydroxylation is 2. The first-order chi connectivity index (χ1) is 7.13. The van der Waals surface area contributed by atoms with Crippen LogP contribution in [0, 0.1) is 19.8 Å². The van der Waals surface area contributed by atoms with Crippen LogP contribution in [0.3, 0.4) is 0 Å². The Bertz CT molecular complexity index is 304. The molecular weight excluding hydrogens is 182 g/mol. The van der Waals surface area contributed by atoms with Crippen LogP contribution in [0.5, 0.6) is 0 Å². The molecule has 1 aromatic carbocycles. The van der Waals surface area contributed by atoms with Crippen molar-refractivity contribution in [3.63, 3.8) is 0 Å². The van der Waals surface area contributed by atoms with Gasteiger partial charge in [0.05, 0.1) is 0 Å². The molecule has 0 saturated carbocycles. The first-order valence-electron chi connectivity index (χ1n) is 5.84. The van der Waals surface area contributed by atoms with Crippen molar-refractivity contribution >= 4 is 0 Å². The maximum absolute atomic E-state index is 3.21. The molecule has 1 atom stereocenters. The first kappa shape index (κ1) is 12.3. The van der Waals surface area contributed by atoms with E-state index in [1.54, 1.807) is 0 Å². The quantitative estimate of drug-likeness (QED) is 0.779. The third-order valence-electron chi connectivity index (χ3n) is 2.96. The zero-order chi connectivity index (χ0) is 11.3. The minimum absolute atomic E-state index is 0.762. The van der Waals surface area contributed by atoms with E-state index >= 15 is 0 Å². The summed E-state index contributed by atoms with van der Waals surface area (Å²) < 4.78 is 0. The Labute approximate surface area is 93.9 Å². The molecule has 0 amide bonds. The second-order valence-electron chi connectivity index (χ2n) is 4.63. The van der Waals surface area contributed by atoms with Crippen LogP contribution in [0.4, 0.5) is 0 Å². The molecule has 1 rings (SSSR count). The van der Waals surface area contributed by atoms with Gasteiger partial charge in [-0.15, -0.1) is 0 Å². The fourth-order valence-corrected chi connectivity index (χ4v) is 1.89. The molecule has 1 aromatic rings.